The van der Waals surface area contributed by atoms with Gasteiger partial charge in [-0.15, -0.1) is 11.8 Å². The lowest BCUT2D eigenvalue weighted by Gasteiger charge is -2.33. The number of piperidine rings is 1. The summed E-state index contributed by atoms with van der Waals surface area (Å²) in [5.74, 6) is 0.885. The van der Waals surface area contributed by atoms with E-state index in [4.69, 9.17) is 0 Å². The molecule has 2 N–H and O–H groups in total. The van der Waals surface area contributed by atoms with E-state index in [-0.39, 0.29) is 17.9 Å². The molecular weight excluding hydrogens is 450 g/mol. The molecule has 1 unspecified atom stereocenters. The fraction of sp³-hybridized carbons (Fsp3) is 0.364. The van der Waals surface area contributed by atoms with E-state index in [1.807, 2.05) is 60.4 Å². The number of benzene rings is 2. The number of urea groups is 1. The van der Waals surface area contributed by atoms with Crippen LogP contribution in [0.25, 0.3) is 0 Å². The van der Waals surface area contributed by atoms with Gasteiger partial charge in [-0.1, -0.05) is 33.6 Å². The first-order valence-corrected chi connectivity index (χ1v) is 11.5. The molecule has 5 nitrogen and oxygen atoms in total. The molecule has 3 amide bonds. The lowest BCUT2D eigenvalue weighted by atomic mass is 9.98. The van der Waals surface area contributed by atoms with Crippen molar-refractivity contribution in [3.8, 4) is 0 Å². The van der Waals surface area contributed by atoms with Crippen molar-refractivity contribution in [2.45, 2.75) is 24.7 Å². The molecule has 1 heterocycles. The average Bonchev–Trinajstić information content (AvgIpc) is 2.73. The fourth-order valence-corrected chi connectivity index (χ4v) is 4.34. The number of thioether (sulfide) groups is 1. The number of carbonyl (C=O) groups is 2. The number of nitrogens with zero attached hydrogens (tertiary/aromatic N) is 1. The van der Waals surface area contributed by atoms with Crippen LogP contribution < -0.4 is 10.6 Å². The van der Waals surface area contributed by atoms with Crippen LogP contribution in [0, 0.1) is 12.8 Å². The molecule has 29 heavy (non-hydrogen) atoms. The molecule has 0 bridgehead atoms. The molecule has 0 spiro atoms. The molecule has 7 heteroatoms. The van der Waals surface area contributed by atoms with Crippen LogP contribution in [0.2, 0.25) is 0 Å². The minimum absolute atomic E-state index is 0.159. The first-order valence-electron chi connectivity index (χ1n) is 9.77. The van der Waals surface area contributed by atoms with Gasteiger partial charge in [-0.2, -0.15) is 0 Å². The monoisotopic (exact) mass is 475 g/mol. The molecule has 2 aromatic carbocycles. The zero-order chi connectivity index (χ0) is 20.6. The van der Waals surface area contributed by atoms with Crippen molar-refractivity contribution in [2.24, 2.45) is 5.92 Å². The molecule has 0 aromatic heterocycles. The van der Waals surface area contributed by atoms with Crippen LogP contribution in [0.15, 0.2) is 57.9 Å². The lowest BCUT2D eigenvalue weighted by molar-refractivity contribution is -0.130. The number of amides is 3. The summed E-state index contributed by atoms with van der Waals surface area (Å²) in [6.45, 7) is 4.08. The molecular formula is C22H26BrN3O2S. The van der Waals surface area contributed by atoms with Gasteiger partial charge < -0.3 is 15.5 Å². The Morgan fingerprint density at radius 1 is 1.14 bits per heavy atom. The second-order valence-corrected chi connectivity index (χ2v) is 9.26. The maximum atomic E-state index is 12.6. The zero-order valence-corrected chi connectivity index (χ0v) is 18.9. The summed E-state index contributed by atoms with van der Waals surface area (Å²) in [6.07, 6.45) is 2.00. The normalized spacial score (nSPS) is 16.3. The van der Waals surface area contributed by atoms with Gasteiger partial charge in [0.25, 0.3) is 0 Å². The molecule has 1 aliphatic heterocycles. The van der Waals surface area contributed by atoms with Crippen molar-refractivity contribution in [1.82, 2.24) is 10.2 Å². The van der Waals surface area contributed by atoms with Gasteiger partial charge in [0, 0.05) is 34.7 Å². The van der Waals surface area contributed by atoms with Crippen molar-refractivity contribution in [3.05, 3.63) is 58.6 Å². The van der Waals surface area contributed by atoms with E-state index in [1.165, 1.54) is 0 Å². The molecule has 0 saturated carbocycles. The van der Waals surface area contributed by atoms with Crippen LogP contribution in [-0.2, 0) is 4.79 Å². The number of aryl methyl sites for hydroxylation is 1. The van der Waals surface area contributed by atoms with Crippen LogP contribution in [-0.4, -0.2) is 42.2 Å². The molecule has 0 radical (unpaired) electrons. The highest BCUT2D eigenvalue weighted by Crippen LogP contribution is 2.22. The third-order valence-corrected chi connectivity index (χ3v) is 6.43. The molecule has 1 fully saturated rings. The molecule has 2 aromatic rings. The molecule has 0 aliphatic carbocycles. The molecule has 154 valence electrons. The molecule has 1 saturated heterocycles. The highest BCUT2D eigenvalue weighted by molar-refractivity contribution is 9.10. The smallest absolute Gasteiger partial charge is 0.319 e. The zero-order valence-electron chi connectivity index (χ0n) is 16.5. The van der Waals surface area contributed by atoms with Crippen molar-refractivity contribution in [1.29, 1.82) is 0 Å². The number of anilines is 1. The first kappa shape index (κ1) is 21.7. The van der Waals surface area contributed by atoms with Gasteiger partial charge in [0.2, 0.25) is 5.91 Å². The highest BCUT2D eigenvalue weighted by Gasteiger charge is 2.24. The molecule has 1 aliphatic rings. The SMILES string of the molecule is Cc1ccc(NC(=O)NCC2CCCN(C(=O)CSc3ccc(Br)cc3)C2)cc1. The van der Waals surface area contributed by atoms with Crippen LogP contribution in [0.1, 0.15) is 18.4 Å². The Morgan fingerprint density at radius 3 is 2.59 bits per heavy atom. The van der Waals surface area contributed by atoms with Gasteiger partial charge in [-0.25, -0.2) is 4.79 Å². The van der Waals surface area contributed by atoms with Crippen LogP contribution in [0.4, 0.5) is 10.5 Å². The number of halogens is 1. The number of hydrogen-bond acceptors (Lipinski definition) is 3. The Balaban J connectivity index is 1.41. The number of likely N-dealkylation sites (tertiary alicyclic amines) is 1. The first-order chi connectivity index (χ1) is 14.0. The Labute approximate surface area is 184 Å². The third kappa shape index (κ3) is 7.08. The maximum absolute atomic E-state index is 12.6. The Bertz CT molecular complexity index is 827. The van der Waals surface area contributed by atoms with Gasteiger partial charge in [-0.3, -0.25) is 4.79 Å². The fourth-order valence-electron chi connectivity index (χ4n) is 3.27. The van der Waals surface area contributed by atoms with E-state index in [2.05, 4.69) is 26.6 Å². The lowest BCUT2D eigenvalue weighted by Crippen LogP contribution is -2.44. The number of rotatable bonds is 6. The maximum Gasteiger partial charge on any atom is 0.319 e. The summed E-state index contributed by atoms with van der Waals surface area (Å²) in [5.41, 5.74) is 1.93. The Kier molecular flexibility index (Phi) is 8.00. The minimum Gasteiger partial charge on any atom is -0.342 e. The summed E-state index contributed by atoms with van der Waals surface area (Å²) in [4.78, 5) is 27.7. The molecule has 3 rings (SSSR count). The van der Waals surface area contributed by atoms with E-state index < -0.39 is 0 Å². The largest absolute Gasteiger partial charge is 0.342 e. The van der Waals surface area contributed by atoms with Gasteiger partial charge in [0.15, 0.2) is 0 Å². The standard InChI is InChI=1S/C22H26BrN3O2S/c1-16-4-8-19(9-5-16)25-22(28)24-13-17-3-2-12-26(14-17)21(27)15-29-20-10-6-18(23)7-11-20/h4-11,17H,2-3,12-15H2,1H3,(H2,24,25,28). The number of hydrogen-bond donors (Lipinski definition) is 2. The summed E-state index contributed by atoms with van der Waals surface area (Å²) < 4.78 is 1.03. The van der Waals surface area contributed by atoms with Gasteiger partial charge in [0.1, 0.15) is 0 Å². The van der Waals surface area contributed by atoms with Crippen molar-refractivity contribution in [3.63, 3.8) is 0 Å². The summed E-state index contributed by atoms with van der Waals surface area (Å²) >= 11 is 4.98. The second-order valence-electron chi connectivity index (χ2n) is 7.29. The highest BCUT2D eigenvalue weighted by atomic mass is 79.9. The van der Waals surface area contributed by atoms with Crippen molar-refractivity contribution >= 4 is 45.3 Å². The topological polar surface area (TPSA) is 61.4 Å². The average molecular weight is 476 g/mol. The quantitative estimate of drug-likeness (QED) is 0.583. The van der Waals surface area contributed by atoms with E-state index >= 15 is 0 Å². The van der Waals surface area contributed by atoms with Gasteiger partial charge in [-0.05, 0) is 62.1 Å². The second kappa shape index (κ2) is 10.7. The van der Waals surface area contributed by atoms with E-state index in [9.17, 15) is 9.59 Å². The Hall–Kier alpha value is -1.99. The molecule has 1 atom stereocenters. The Morgan fingerprint density at radius 2 is 1.86 bits per heavy atom. The van der Waals surface area contributed by atoms with Gasteiger partial charge >= 0.3 is 6.03 Å². The summed E-state index contributed by atoms with van der Waals surface area (Å²) in [5, 5.41) is 5.79. The van der Waals surface area contributed by atoms with Crippen LogP contribution in [0.3, 0.4) is 0 Å². The minimum atomic E-state index is -0.205. The van der Waals surface area contributed by atoms with Crippen molar-refractivity contribution < 1.29 is 9.59 Å². The number of nitrogens with one attached hydrogen (secondary N) is 2. The summed E-state index contributed by atoms with van der Waals surface area (Å²) in [6, 6.07) is 15.5. The summed E-state index contributed by atoms with van der Waals surface area (Å²) in [7, 11) is 0. The van der Waals surface area contributed by atoms with Crippen LogP contribution >= 0.6 is 27.7 Å². The van der Waals surface area contributed by atoms with Gasteiger partial charge in [0.05, 0.1) is 5.75 Å². The number of carbonyl (C=O) groups excluding carboxylic acids is 2. The predicted molar refractivity (Wildman–Crippen MR) is 122 cm³/mol. The third-order valence-electron chi connectivity index (χ3n) is 4.91. The predicted octanol–water partition coefficient (Wildman–Crippen LogP) is 4.91. The van der Waals surface area contributed by atoms with Crippen molar-refractivity contribution in [2.75, 3.05) is 30.7 Å². The van der Waals surface area contributed by atoms with Crippen LogP contribution in [0.5, 0.6) is 0 Å². The van der Waals surface area contributed by atoms with E-state index in [1.54, 1.807) is 11.8 Å². The van der Waals surface area contributed by atoms with E-state index in [0.717, 1.165) is 40.0 Å². The van der Waals surface area contributed by atoms with E-state index in [0.29, 0.717) is 18.8 Å².